The van der Waals surface area contributed by atoms with Gasteiger partial charge in [0.1, 0.15) is 0 Å². The number of rotatable bonds is 5. The lowest BCUT2D eigenvalue weighted by Crippen LogP contribution is -2.22. The SMILES string of the molecule is CCC(N)c1ccn(CCC(=O)N(C)C)c1. The van der Waals surface area contributed by atoms with E-state index in [0.717, 1.165) is 12.0 Å². The molecule has 0 spiro atoms. The predicted octanol–water partition coefficient (Wildman–Crippen LogP) is 1.38. The monoisotopic (exact) mass is 223 g/mol. The van der Waals surface area contributed by atoms with Crippen LogP contribution in [0, 0.1) is 0 Å². The molecule has 1 amide bonds. The van der Waals surface area contributed by atoms with E-state index in [2.05, 4.69) is 6.92 Å². The summed E-state index contributed by atoms with van der Waals surface area (Å²) in [6.45, 7) is 2.78. The largest absolute Gasteiger partial charge is 0.353 e. The standard InChI is InChI=1S/C12H21N3O/c1-4-11(13)10-5-7-15(9-10)8-6-12(16)14(2)3/h5,7,9,11H,4,6,8,13H2,1-3H3. The van der Waals surface area contributed by atoms with Gasteiger partial charge in [0.15, 0.2) is 0 Å². The van der Waals surface area contributed by atoms with Crippen LogP contribution < -0.4 is 5.73 Å². The molecule has 0 aromatic carbocycles. The van der Waals surface area contributed by atoms with Crippen LogP contribution in [0.25, 0.3) is 0 Å². The molecular formula is C12H21N3O. The van der Waals surface area contributed by atoms with Gasteiger partial charge in [-0.3, -0.25) is 4.79 Å². The zero-order valence-electron chi connectivity index (χ0n) is 10.3. The van der Waals surface area contributed by atoms with Gasteiger partial charge in [0.25, 0.3) is 0 Å². The van der Waals surface area contributed by atoms with Gasteiger partial charge in [0.05, 0.1) is 0 Å². The van der Waals surface area contributed by atoms with Crippen LogP contribution in [-0.2, 0) is 11.3 Å². The minimum absolute atomic E-state index is 0.103. The van der Waals surface area contributed by atoms with Crippen molar-refractivity contribution in [1.29, 1.82) is 0 Å². The highest BCUT2D eigenvalue weighted by Crippen LogP contribution is 2.13. The molecule has 1 heterocycles. The second kappa shape index (κ2) is 5.70. The third-order valence-corrected chi connectivity index (χ3v) is 2.72. The van der Waals surface area contributed by atoms with Gasteiger partial charge in [0, 0.05) is 45.5 Å². The first-order valence-electron chi connectivity index (χ1n) is 5.66. The first-order chi connectivity index (χ1) is 7.54. The lowest BCUT2D eigenvalue weighted by atomic mass is 10.1. The van der Waals surface area contributed by atoms with E-state index in [-0.39, 0.29) is 11.9 Å². The van der Waals surface area contributed by atoms with Crippen LogP contribution in [0.1, 0.15) is 31.4 Å². The Morgan fingerprint density at radius 3 is 2.81 bits per heavy atom. The molecule has 0 fully saturated rings. The Bertz CT molecular complexity index is 344. The summed E-state index contributed by atoms with van der Waals surface area (Å²) in [6, 6.07) is 2.12. The Morgan fingerprint density at radius 1 is 1.56 bits per heavy atom. The maximum atomic E-state index is 11.4. The zero-order valence-corrected chi connectivity index (χ0v) is 10.3. The summed E-state index contributed by atoms with van der Waals surface area (Å²) in [5.41, 5.74) is 7.06. The quantitative estimate of drug-likeness (QED) is 0.819. The summed E-state index contributed by atoms with van der Waals surface area (Å²) in [4.78, 5) is 13.0. The molecule has 0 bridgehead atoms. The molecule has 1 atom stereocenters. The Morgan fingerprint density at radius 2 is 2.25 bits per heavy atom. The smallest absolute Gasteiger partial charge is 0.223 e. The molecule has 0 aliphatic carbocycles. The summed E-state index contributed by atoms with van der Waals surface area (Å²) in [5.74, 6) is 0.148. The van der Waals surface area contributed by atoms with E-state index in [0.29, 0.717) is 13.0 Å². The van der Waals surface area contributed by atoms with E-state index in [1.807, 2.05) is 23.0 Å². The van der Waals surface area contributed by atoms with Gasteiger partial charge in [-0.05, 0) is 18.1 Å². The highest BCUT2D eigenvalue weighted by atomic mass is 16.2. The van der Waals surface area contributed by atoms with Gasteiger partial charge in [-0.1, -0.05) is 6.92 Å². The second-order valence-corrected chi connectivity index (χ2v) is 4.24. The van der Waals surface area contributed by atoms with Gasteiger partial charge < -0.3 is 15.2 Å². The topological polar surface area (TPSA) is 51.3 Å². The van der Waals surface area contributed by atoms with Gasteiger partial charge in [-0.2, -0.15) is 0 Å². The molecule has 4 nitrogen and oxygen atoms in total. The first kappa shape index (κ1) is 12.8. The molecule has 90 valence electrons. The van der Waals surface area contributed by atoms with Crippen molar-refractivity contribution >= 4 is 5.91 Å². The maximum Gasteiger partial charge on any atom is 0.223 e. The number of nitrogens with zero attached hydrogens (tertiary/aromatic N) is 2. The Balaban J connectivity index is 2.49. The van der Waals surface area contributed by atoms with Gasteiger partial charge >= 0.3 is 0 Å². The fraction of sp³-hybridized carbons (Fsp3) is 0.583. The van der Waals surface area contributed by atoms with Crippen LogP contribution in [-0.4, -0.2) is 29.5 Å². The van der Waals surface area contributed by atoms with E-state index in [9.17, 15) is 4.79 Å². The van der Waals surface area contributed by atoms with Crippen molar-refractivity contribution in [3.05, 3.63) is 24.0 Å². The molecule has 0 saturated carbocycles. The van der Waals surface area contributed by atoms with E-state index >= 15 is 0 Å². The maximum absolute atomic E-state index is 11.4. The highest BCUT2D eigenvalue weighted by Gasteiger charge is 2.07. The normalized spacial score (nSPS) is 12.5. The van der Waals surface area contributed by atoms with E-state index in [1.165, 1.54) is 0 Å². The third-order valence-electron chi connectivity index (χ3n) is 2.72. The number of nitrogens with two attached hydrogens (primary N) is 1. The van der Waals surface area contributed by atoms with Crippen molar-refractivity contribution in [3.8, 4) is 0 Å². The molecule has 0 radical (unpaired) electrons. The molecular weight excluding hydrogens is 202 g/mol. The third kappa shape index (κ3) is 3.38. The molecule has 1 aromatic rings. The number of carbonyl (C=O) groups is 1. The summed E-state index contributed by atoms with van der Waals surface area (Å²) in [5, 5.41) is 0. The number of hydrogen-bond acceptors (Lipinski definition) is 2. The first-order valence-corrected chi connectivity index (χ1v) is 5.66. The van der Waals surface area contributed by atoms with E-state index < -0.39 is 0 Å². The van der Waals surface area contributed by atoms with Gasteiger partial charge in [-0.15, -0.1) is 0 Å². The van der Waals surface area contributed by atoms with Crippen molar-refractivity contribution in [1.82, 2.24) is 9.47 Å². The highest BCUT2D eigenvalue weighted by molar-refractivity contribution is 5.75. The van der Waals surface area contributed by atoms with Crippen molar-refractivity contribution < 1.29 is 4.79 Å². The number of aryl methyl sites for hydroxylation is 1. The summed E-state index contributed by atoms with van der Waals surface area (Å²) in [6.07, 6.45) is 5.47. The van der Waals surface area contributed by atoms with E-state index in [1.54, 1.807) is 19.0 Å². The Labute approximate surface area is 97.0 Å². The van der Waals surface area contributed by atoms with Gasteiger partial charge in [0.2, 0.25) is 5.91 Å². The van der Waals surface area contributed by atoms with Crippen molar-refractivity contribution in [3.63, 3.8) is 0 Å². The van der Waals surface area contributed by atoms with Crippen LogP contribution in [0.2, 0.25) is 0 Å². The lowest BCUT2D eigenvalue weighted by molar-refractivity contribution is -0.128. The van der Waals surface area contributed by atoms with Crippen molar-refractivity contribution in [2.24, 2.45) is 5.73 Å². The predicted molar refractivity (Wildman–Crippen MR) is 65.0 cm³/mol. The summed E-state index contributed by atoms with van der Waals surface area (Å²) >= 11 is 0. The molecule has 0 saturated heterocycles. The number of hydrogen-bond donors (Lipinski definition) is 1. The fourth-order valence-electron chi connectivity index (χ4n) is 1.50. The average molecular weight is 223 g/mol. The number of carbonyl (C=O) groups excluding carboxylic acids is 1. The molecule has 0 aliphatic rings. The molecule has 1 rings (SSSR count). The average Bonchev–Trinajstić information content (AvgIpc) is 2.73. The van der Waals surface area contributed by atoms with Crippen LogP contribution in [0.15, 0.2) is 18.5 Å². The van der Waals surface area contributed by atoms with Crippen LogP contribution in [0.5, 0.6) is 0 Å². The van der Waals surface area contributed by atoms with Gasteiger partial charge in [-0.25, -0.2) is 0 Å². The summed E-state index contributed by atoms with van der Waals surface area (Å²) < 4.78 is 2.02. The Kier molecular flexibility index (Phi) is 4.55. The van der Waals surface area contributed by atoms with Crippen molar-refractivity contribution in [2.75, 3.05) is 14.1 Å². The minimum atomic E-state index is 0.103. The number of amides is 1. The molecule has 2 N–H and O–H groups in total. The molecule has 0 aliphatic heterocycles. The van der Waals surface area contributed by atoms with Crippen molar-refractivity contribution in [2.45, 2.75) is 32.4 Å². The second-order valence-electron chi connectivity index (χ2n) is 4.24. The van der Waals surface area contributed by atoms with Crippen LogP contribution >= 0.6 is 0 Å². The zero-order chi connectivity index (χ0) is 12.1. The molecule has 1 unspecified atom stereocenters. The summed E-state index contributed by atoms with van der Waals surface area (Å²) in [7, 11) is 3.55. The lowest BCUT2D eigenvalue weighted by Gasteiger charge is -2.10. The number of aromatic nitrogens is 1. The van der Waals surface area contributed by atoms with Crippen LogP contribution in [0.3, 0.4) is 0 Å². The van der Waals surface area contributed by atoms with E-state index in [4.69, 9.17) is 5.73 Å². The fourth-order valence-corrected chi connectivity index (χ4v) is 1.50. The minimum Gasteiger partial charge on any atom is -0.353 e. The van der Waals surface area contributed by atoms with Crippen LogP contribution in [0.4, 0.5) is 0 Å². The molecule has 16 heavy (non-hydrogen) atoms. The molecule has 4 heteroatoms. The Hall–Kier alpha value is -1.29. The molecule has 1 aromatic heterocycles.